The molecule has 1 aromatic heterocycles. The molecule has 14 heteroatoms. The molecule has 1 atom stereocenters. The lowest BCUT2D eigenvalue weighted by Crippen LogP contribution is -2.18. The normalized spacial score (nSPS) is 15.6. The number of nitrogens with one attached hydrogen (secondary N) is 1. The average molecular weight is 672 g/mol. The van der Waals surface area contributed by atoms with E-state index in [-0.39, 0.29) is 63.1 Å². The quantitative estimate of drug-likeness (QED) is 0.177. The lowest BCUT2D eigenvalue weighted by molar-refractivity contribution is -0.0515. The molecule has 2 N–H and O–H groups in total. The van der Waals surface area contributed by atoms with Gasteiger partial charge in [-0.05, 0) is 79.3 Å². The van der Waals surface area contributed by atoms with Crippen molar-refractivity contribution in [3.63, 3.8) is 0 Å². The van der Waals surface area contributed by atoms with Crippen molar-refractivity contribution < 1.29 is 41.3 Å². The Labute approximate surface area is 263 Å². The molecule has 0 saturated heterocycles. The van der Waals surface area contributed by atoms with Gasteiger partial charge in [-0.1, -0.05) is 29.3 Å². The summed E-state index contributed by atoms with van der Waals surface area (Å²) in [6, 6.07) is 6.99. The molecule has 9 nitrogen and oxygen atoms in total. The second kappa shape index (κ2) is 13.3. The summed E-state index contributed by atoms with van der Waals surface area (Å²) in [5.41, 5.74) is 0.915. The molecule has 44 heavy (non-hydrogen) atoms. The Morgan fingerprint density at radius 3 is 2.23 bits per heavy atom. The van der Waals surface area contributed by atoms with Crippen LogP contribution in [-0.2, 0) is 16.4 Å². The van der Waals surface area contributed by atoms with Gasteiger partial charge in [0.25, 0.3) is 0 Å². The average Bonchev–Trinajstić information content (AvgIpc) is 3.86. The zero-order chi connectivity index (χ0) is 31.6. The van der Waals surface area contributed by atoms with Gasteiger partial charge in [0.15, 0.2) is 11.5 Å². The van der Waals surface area contributed by atoms with E-state index < -0.39 is 28.5 Å². The molecule has 0 amide bonds. The summed E-state index contributed by atoms with van der Waals surface area (Å²) < 4.78 is 70.5. The molecule has 1 unspecified atom stereocenters. The zero-order valence-electron chi connectivity index (χ0n) is 23.6. The summed E-state index contributed by atoms with van der Waals surface area (Å²) in [5.74, 6) is -1.75. The van der Waals surface area contributed by atoms with E-state index >= 15 is 0 Å². The molecule has 0 aliphatic heterocycles. The number of benzene rings is 2. The summed E-state index contributed by atoms with van der Waals surface area (Å²) in [6.45, 7) is -2.58. The number of rotatable bonds is 15. The molecular formula is C30H30Cl2F2N2O7S. The van der Waals surface area contributed by atoms with Gasteiger partial charge in [-0.25, -0.2) is 13.2 Å². The van der Waals surface area contributed by atoms with Crippen molar-refractivity contribution in [2.45, 2.75) is 44.6 Å². The lowest BCUT2D eigenvalue weighted by atomic mass is 9.82. The number of halogens is 4. The number of aromatic carboxylic acids is 1. The summed E-state index contributed by atoms with van der Waals surface area (Å²) in [7, 11) is -3.80. The molecule has 1 heterocycles. The number of carbonyl (C=O) groups is 1. The first-order valence-corrected chi connectivity index (χ1v) is 16.5. The van der Waals surface area contributed by atoms with E-state index in [1.54, 1.807) is 0 Å². The number of anilines is 1. The molecule has 2 aliphatic rings. The van der Waals surface area contributed by atoms with Crippen LogP contribution in [0.2, 0.25) is 10.0 Å². The highest BCUT2D eigenvalue weighted by molar-refractivity contribution is 7.92. The molecule has 2 aliphatic carbocycles. The molecule has 2 saturated carbocycles. The number of carboxylic acid groups (broad SMARTS) is 1. The minimum absolute atomic E-state index is 0.0136. The third kappa shape index (κ3) is 8.22. The Morgan fingerprint density at radius 1 is 1.02 bits per heavy atom. The van der Waals surface area contributed by atoms with E-state index in [0.717, 1.165) is 31.9 Å². The molecule has 0 radical (unpaired) electrons. The number of sulfonamides is 1. The minimum atomic E-state index is -3.80. The van der Waals surface area contributed by atoms with Crippen LogP contribution >= 0.6 is 23.2 Å². The van der Waals surface area contributed by atoms with Crippen molar-refractivity contribution in [2.24, 2.45) is 11.8 Å². The number of nitrogens with zero attached hydrogens (tertiary/aromatic N) is 1. The predicted octanol–water partition coefficient (Wildman–Crippen LogP) is 7.01. The van der Waals surface area contributed by atoms with Gasteiger partial charge in [0.05, 0.1) is 40.8 Å². The van der Waals surface area contributed by atoms with Gasteiger partial charge in [0.2, 0.25) is 10.0 Å². The Balaban J connectivity index is 1.73. The van der Waals surface area contributed by atoms with Gasteiger partial charge in [-0.2, -0.15) is 8.78 Å². The fourth-order valence-corrected chi connectivity index (χ4v) is 5.90. The molecule has 236 valence electrons. The van der Waals surface area contributed by atoms with Crippen LogP contribution in [0, 0.1) is 11.8 Å². The van der Waals surface area contributed by atoms with E-state index in [4.69, 9.17) is 37.4 Å². The van der Waals surface area contributed by atoms with Crippen LogP contribution in [0.4, 0.5) is 14.5 Å². The molecular weight excluding hydrogens is 641 g/mol. The largest absolute Gasteiger partial charge is 0.491 e. The fourth-order valence-electron chi connectivity index (χ4n) is 4.82. The summed E-state index contributed by atoms with van der Waals surface area (Å²) in [6.07, 6.45) is 7.53. The second-order valence-electron chi connectivity index (χ2n) is 11.0. The van der Waals surface area contributed by atoms with E-state index in [1.165, 1.54) is 42.7 Å². The smallest absolute Gasteiger partial charge is 0.387 e. The van der Waals surface area contributed by atoms with E-state index in [9.17, 15) is 27.1 Å². The van der Waals surface area contributed by atoms with Crippen molar-refractivity contribution in [3.05, 3.63) is 75.0 Å². The van der Waals surface area contributed by atoms with E-state index in [2.05, 4.69) is 9.71 Å². The Kier molecular flexibility index (Phi) is 9.71. The van der Waals surface area contributed by atoms with Gasteiger partial charge in [-0.3, -0.25) is 9.71 Å². The molecule has 5 rings (SSSR count). The lowest BCUT2D eigenvalue weighted by Gasteiger charge is -2.26. The summed E-state index contributed by atoms with van der Waals surface area (Å²) >= 11 is 13.0. The van der Waals surface area contributed by atoms with Crippen LogP contribution < -0.4 is 18.9 Å². The Hall–Kier alpha value is -3.35. The van der Waals surface area contributed by atoms with Crippen LogP contribution in [0.3, 0.4) is 0 Å². The fraction of sp³-hybridized carbons (Fsp3) is 0.400. The highest BCUT2D eigenvalue weighted by atomic mass is 35.5. The number of alkyl halides is 2. The third-order valence-electron chi connectivity index (χ3n) is 7.35. The van der Waals surface area contributed by atoms with E-state index in [0.29, 0.717) is 23.7 Å². The highest BCUT2D eigenvalue weighted by Crippen LogP contribution is 2.46. The Bertz CT molecular complexity index is 1630. The van der Waals surface area contributed by atoms with Crippen molar-refractivity contribution in [1.82, 2.24) is 4.98 Å². The van der Waals surface area contributed by atoms with Crippen molar-refractivity contribution in [3.8, 4) is 17.2 Å². The summed E-state index contributed by atoms with van der Waals surface area (Å²) in [5, 5.41) is 10.8. The first kappa shape index (κ1) is 32.1. The van der Waals surface area contributed by atoms with Crippen LogP contribution in [0.25, 0.3) is 0 Å². The third-order valence-corrected chi connectivity index (χ3v) is 8.59. The highest BCUT2D eigenvalue weighted by Gasteiger charge is 2.32. The van der Waals surface area contributed by atoms with Gasteiger partial charge in [-0.15, -0.1) is 0 Å². The zero-order valence-corrected chi connectivity index (χ0v) is 25.9. The number of hydrogen-bond acceptors (Lipinski definition) is 7. The maximum absolute atomic E-state index is 13.3. The molecule has 3 aromatic rings. The number of aromatic nitrogens is 1. The standard InChI is InChI=1S/C30H30Cl2F2N2O7S/c1-44(39,40)36-24-8-7-19(29(37)38)27(28(24)42-15-17-4-5-17)20(11-21-22(31)12-35-13-23(21)32)18-6-9-25(43-30(33)34)26(10-18)41-14-16-2-3-16/h6-10,12-13,16-17,20,30,36H,2-5,11,14-15H2,1H3,(H,37,38). The van der Waals surface area contributed by atoms with Crippen LogP contribution in [0.1, 0.15) is 58.6 Å². The summed E-state index contributed by atoms with van der Waals surface area (Å²) in [4.78, 5) is 16.7. The molecule has 2 fully saturated rings. The van der Waals surface area contributed by atoms with Crippen LogP contribution in [0.5, 0.6) is 17.2 Å². The van der Waals surface area contributed by atoms with Gasteiger partial charge in [0.1, 0.15) is 5.75 Å². The van der Waals surface area contributed by atoms with Gasteiger partial charge < -0.3 is 19.3 Å². The van der Waals surface area contributed by atoms with Crippen molar-refractivity contribution in [1.29, 1.82) is 0 Å². The monoisotopic (exact) mass is 670 g/mol. The number of hydrogen-bond donors (Lipinski definition) is 2. The number of pyridine rings is 1. The van der Waals surface area contributed by atoms with E-state index in [1.807, 2.05) is 0 Å². The van der Waals surface area contributed by atoms with Crippen molar-refractivity contribution in [2.75, 3.05) is 24.2 Å². The Morgan fingerprint density at radius 2 is 1.66 bits per heavy atom. The van der Waals surface area contributed by atoms with Crippen LogP contribution in [0.15, 0.2) is 42.7 Å². The maximum atomic E-state index is 13.3. The number of carboxylic acids is 1. The maximum Gasteiger partial charge on any atom is 0.387 e. The first-order chi connectivity index (χ1) is 20.9. The van der Waals surface area contributed by atoms with Crippen LogP contribution in [-0.4, -0.2) is 50.6 Å². The molecule has 2 aromatic carbocycles. The van der Waals surface area contributed by atoms with Gasteiger partial charge in [0, 0.05) is 23.9 Å². The SMILES string of the molecule is CS(=O)(=O)Nc1ccc(C(=O)O)c(C(Cc2c(Cl)cncc2Cl)c2ccc(OC(F)F)c(OCC3CC3)c2)c1OCC1CC1. The number of ether oxygens (including phenoxy) is 3. The minimum Gasteiger partial charge on any atom is -0.491 e. The molecule has 0 bridgehead atoms. The first-order valence-electron chi connectivity index (χ1n) is 13.9. The topological polar surface area (TPSA) is 124 Å². The second-order valence-corrected chi connectivity index (χ2v) is 13.6. The predicted molar refractivity (Wildman–Crippen MR) is 161 cm³/mol. The van der Waals surface area contributed by atoms with Crippen molar-refractivity contribution >= 4 is 44.9 Å². The van der Waals surface area contributed by atoms with Gasteiger partial charge >= 0.3 is 12.6 Å². The molecule has 0 spiro atoms.